The quantitative estimate of drug-likeness (QED) is 0.664. The van der Waals surface area contributed by atoms with Gasteiger partial charge in [-0.2, -0.15) is 5.10 Å². The summed E-state index contributed by atoms with van der Waals surface area (Å²) in [7, 11) is 0. The van der Waals surface area contributed by atoms with Crippen LogP contribution in [0, 0.1) is 0 Å². The van der Waals surface area contributed by atoms with Gasteiger partial charge in [-0.3, -0.25) is 9.89 Å². The number of halogens is 1. The Morgan fingerprint density at radius 1 is 1.13 bits per heavy atom. The fraction of sp³-hybridized carbons (Fsp3) is 0.0588. The van der Waals surface area contributed by atoms with Gasteiger partial charge in [-0.15, -0.1) is 0 Å². The third-order valence-electron chi connectivity index (χ3n) is 3.21. The van der Waals surface area contributed by atoms with Gasteiger partial charge in [0, 0.05) is 28.9 Å². The van der Waals surface area contributed by atoms with Gasteiger partial charge < -0.3 is 10.6 Å². The van der Waals surface area contributed by atoms with E-state index in [0.29, 0.717) is 5.02 Å². The Bertz CT molecular complexity index is 844. The fourth-order valence-corrected chi connectivity index (χ4v) is 2.47. The molecule has 0 radical (unpaired) electrons. The molecule has 3 rings (SSSR count). The lowest BCUT2D eigenvalue weighted by Crippen LogP contribution is -2.05. The van der Waals surface area contributed by atoms with Gasteiger partial charge in [-0.25, -0.2) is 0 Å². The van der Waals surface area contributed by atoms with E-state index in [1.807, 2.05) is 48.5 Å². The molecule has 5 nitrogen and oxygen atoms in total. The number of H-pyrrole nitrogens is 1. The molecular weight excluding hydrogens is 312 g/mol. The van der Waals surface area contributed by atoms with Crippen LogP contribution in [0.2, 0.25) is 5.02 Å². The van der Waals surface area contributed by atoms with E-state index in [1.165, 1.54) is 6.92 Å². The van der Waals surface area contributed by atoms with E-state index in [1.54, 1.807) is 6.20 Å². The summed E-state index contributed by atoms with van der Waals surface area (Å²) in [5, 5.41) is 13.8. The minimum atomic E-state index is -0.107. The van der Waals surface area contributed by atoms with Crippen molar-refractivity contribution >= 4 is 34.6 Å². The van der Waals surface area contributed by atoms with E-state index in [4.69, 9.17) is 11.6 Å². The number of carbonyl (C=O) groups excluding carboxylic acids is 1. The number of aromatic amines is 1. The highest BCUT2D eigenvalue weighted by molar-refractivity contribution is 6.30. The standard InChI is InChI=1S/C17H15ClN4O/c1-11(23)20-14-6-2-4-12(8-14)17-16(10-19-22-17)21-15-7-3-5-13(18)9-15/h2-10,21H,1H3,(H,19,22)(H,20,23). The maximum atomic E-state index is 11.2. The molecule has 116 valence electrons. The number of benzene rings is 2. The maximum absolute atomic E-state index is 11.2. The monoisotopic (exact) mass is 326 g/mol. The van der Waals surface area contributed by atoms with Crippen LogP contribution < -0.4 is 10.6 Å². The number of amides is 1. The molecule has 3 aromatic rings. The van der Waals surface area contributed by atoms with Crippen LogP contribution in [0.3, 0.4) is 0 Å². The molecule has 0 saturated carbocycles. The molecule has 0 atom stereocenters. The van der Waals surface area contributed by atoms with Crippen molar-refractivity contribution in [2.24, 2.45) is 0 Å². The molecule has 1 heterocycles. The molecule has 23 heavy (non-hydrogen) atoms. The zero-order chi connectivity index (χ0) is 16.2. The van der Waals surface area contributed by atoms with Crippen molar-refractivity contribution in [2.45, 2.75) is 6.92 Å². The highest BCUT2D eigenvalue weighted by Crippen LogP contribution is 2.30. The Morgan fingerprint density at radius 2 is 1.91 bits per heavy atom. The van der Waals surface area contributed by atoms with Gasteiger partial charge in [0.2, 0.25) is 5.91 Å². The highest BCUT2D eigenvalue weighted by atomic mass is 35.5. The van der Waals surface area contributed by atoms with Crippen LogP contribution in [-0.2, 0) is 4.79 Å². The van der Waals surface area contributed by atoms with Gasteiger partial charge in [-0.05, 0) is 30.3 Å². The Kier molecular flexibility index (Phi) is 4.30. The van der Waals surface area contributed by atoms with Crippen molar-refractivity contribution in [1.29, 1.82) is 0 Å². The molecule has 0 fully saturated rings. The van der Waals surface area contributed by atoms with E-state index >= 15 is 0 Å². The molecule has 0 aliphatic carbocycles. The molecule has 1 aromatic heterocycles. The first-order valence-corrected chi connectivity index (χ1v) is 7.43. The third-order valence-corrected chi connectivity index (χ3v) is 3.45. The summed E-state index contributed by atoms with van der Waals surface area (Å²) < 4.78 is 0. The van der Waals surface area contributed by atoms with Crippen molar-refractivity contribution in [2.75, 3.05) is 10.6 Å². The molecule has 6 heteroatoms. The summed E-state index contributed by atoms with van der Waals surface area (Å²) >= 11 is 6.01. The van der Waals surface area contributed by atoms with Crippen molar-refractivity contribution in [3.05, 3.63) is 59.8 Å². The molecule has 0 spiro atoms. The van der Waals surface area contributed by atoms with Gasteiger partial charge >= 0.3 is 0 Å². The Balaban J connectivity index is 1.90. The van der Waals surface area contributed by atoms with Crippen LogP contribution in [0.1, 0.15) is 6.92 Å². The minimum Gasteiger partial charge on any atom is -0.352 e. The second-order valence-electron chi connectivity index (χ2n) is 5.06. The number of aromatic nitrogens is 2. The lowest BCUT2D eigenvalue weighted by Gasteiger charge is -2.09. The molecule has 0 unspecified atom stereocenters. The van der Waals surface area contributed by atoms with E-state index < -0.39 is 0 Å². The van der Waals surface area contributed by atoms with Gasteiger partial charge in [0.05, 0.1) is 17.6 Å². The van der Waals surface area contributed by atoms with Crippen molar-refractivity contribution < 1.29 is 4.79 Å². The van der Waals surface area contributed by atoms with E-state index in [9.17, 15) is 4.79 Å². The Morgan fingerprint density at radius 3 is 2.70 bits per heavy atom. The first-order valence-electron chi connectivity index (χ1n) is 7.06. The normalized spacial score (nSPS) is 10.3. The minimum absolute atomic E-state index is 0.107. The van der Waals surface area contributed by atoms with E-state index in [0.717, 1.165) is 28.3 Å². The van der Waals surface area contributed by atoms with E-state index in [-0.39, 0.29) is 5.91 Å². The topological polar surface area (TPSA) is 69.8 Å². The molecule has 1 amide bonds. The van der Waals surface area contributed by atoms with Crippen molar-refractivity contribution in [1.82, 2.24) is 10.2 Å². The lowest BCUT2D eigenvalue weighted by atomic mass is 10.1. The predicted octanol–water partition coefficient (Wildman–Crippen LogP) is 4.43. The maximum Gasteiger partial charge on any atom is 0.221 e. The lowest BCUT2D eigenvalue weighted by molar-refractivity contribution is -0.114. The summed E-state index contributed by atoms with van der Waals surface area (Å²) in [6.07, 6.45) is 1.71. The summed E-state index contributed by atoms with van der Waals surface area (Å²) in [6, 6.07) is 15.0. The number of nitrogens with zero attached hydrogens (tertiary/aromatic N) is 1. The van der Waals surface area contributed by atoms with Gasteiger partial charge in [-0.1, -0.05) is 29.8 Å². The first-order chi connectivity index (χ1) is 11.1. The fourth-order valence-electron chi connectivity index (χ4n) is 2.28. The average Bonchev–Trinajstić information content (AvgIpc) is 2.95. The second-order valence-corrected chi connectivity index (χ2v) is 5.49. The summed E-state index contributed by atoms with van der Waals surface area (Å²) in [5.41, 5.74) is 4.18. The SMILES string of the molecule is CC(=O)Nc1cccc(-c2[nH]ncc2Nc2cccc(Cl)c2)c1. The predicted molar refractivity (Wildman–Crippen MR) is 93.1 cm³/mol. The van der Waals surface area contributed by atoms with Crippen LogP contribution in [0.15, 0.2) is 54.7 Å². The first kappa shape index (κ1) is 15.1. The summed E-state index contributed by atoms with van der Waals surface area (Å²) in [5.74, 6) is -0.107. The van der Waals surface area contributed by atoms with Gasteiger partial charge in [0.15, 0.2) is 0 Å². The van der Waals surface area contributed by atoms with Crippen LogP contribution in [0.4, 0.5) is 17.1 Å². The largest absolute Gasteiger partial charge is 0.352 e. The number of anilines is 3. The number of hydrogen-bond acceptors (Lipinski definition) is 3. The van der Waals surface area contributed by atoms with Crippen LogP contribution in [0.25, 0.3) is 11.3 Å². The molecule has 0 saturated heterocycles. The van der Waals surface area contributed by atoms with E-state index in [2.05, 4.69) is 20.8 Å². The van der Waals surface area contributed by atoms with Crippen molar-refractivity contribution in [3.8, 4) is 11.3 Å². The third kappa shape index (κ3) is 3.70. The molecule has 0 aliphatic heterocycles. The highest BCUT2D eigenvalue weighted by Gasteiger charge is 2.09. The zero-order valence-corrected chi connectivity index (χ0v) is 13.2. The molecular formula is C17H15ClN4O. The smallest absolute Gasteiger partial charge is 0.221 e. The summed E-state index contributed by atoms with van der Waals surface area (Å²) in [6.45, 7) is 1.48. The zero-order valence-electron chi connectivity index (χ0n) is 12.4. The number of hydrogen-bond donors (Lipinski definition) is 3. The average molecular weight is 327 g/mol. The molecule has 0 aliphatic rings. The Hall–Kier alpha value is -2.79. The Labute approximate surface area is 138 Å². The van der Waals surface area contributed by atoms with Crippen LogP contribution in [-0.4, -0.2) is 16.1 Å². The number of nitrogens with one attached hydrogen (secondary N) is 3. The van der Waals surface area contributed by atoms with Crippen LogP contribution in [0.5, 0.6) is 0 Å². The van der Waals surface area contributed by atoms with Crippen LogP contribution >= 0.6 is 11.6 Å². The second kappa shape index (κ2) is 6.54. The molecule has 3 N–H and O–H groups in total. The summed E-state index contributed by atoms with van der Waals surface area (Å²) in [4.78, 5) is 11.2. The molecule has 2 aromatic carbocycles. The van der Waals surface area contributed by atoms with Crippen molar-refractivity contribution in [3.63, 3.8) is 0 Å². The molecule has 0 bridgehead atoms. The van der Waals surface area contributed by atoms with Gasteiger partial charge in [0.1, 0.15) is 0 Å². The number of carbonyl (C=O) groups is 1. The number of rotatable bonds is 4. The van der Waals surface area contributed by atoms with Gasteiger partial charge in [0.25, 0.3) is 0 Å².